The van der Waals surface area contributed by atoms with Gasteiger partial charge in [-0.25, -0.2) is 0 Å². The highest BCUT2D eigenvalue weighted by atomic mass is 16.3. The van der Waals surface area contributed by atoms with Crippen LogP contribution in [0.15, 0.2) is 46.7 Å². The Kier molecular flexibility index (Phi) is 2.37. The smallest absolute Gasteiger partial charge is 0.309 e. The van der Waals surface area contributed by atoms with Crippen molar-refractivity contribution in [2.75, 3.05) is 0 Å². The van der Waals surface area contributed by atoms with E-state index in [0.29, 0.717) is 5.69 Å². The zero-order valence-electron chi connectivity index (χ0n) is 10.3. The van der Waals surface area contributed by atoms with E-state index in [2.05, 4.69) is 10.2 Å². The predicted octanol–water partition coefficient (Wildman–Crippen LogP) is 2.97. The van der Waals surface area contributed by atoms with Gasteiger partial charge in [0.1, 0.15) is 5.71 Å². The topological polar surface area (TPSA) is 48.0 Å². The molecule has 0 aromatic heterocycles. The van der Waals surface area contributed by atoms with Crippen LogP contribution in [-0.4, -0.2) is 21.7 Å². The Hall–Kier alpha value is -2.23. The Morgan fingerprint density at radius 3 is 2.83 bits per heavy atom. The summed E-state index contributed by atoms with van der Waals surface area (Å²) in [4.78, 5) is 1.52. The summed E-state index contributed by atoms with van der Waals surface area (Å²) in [6.45, 7) is 3.87. The lowest BCUT2D eigenvalue weighted by Gasteiger charge is -2.00. The maximum atomic E-state index is 10.1. The number of aromatic hydroxyl groups is 1. The standard InChI is InChI=1S/C14H13N3O/c1-9-7-10(2)14(18)13(8-9)17-15-11-5-3-4-6-12(11)16-17/h3-8,11H,1-2H3/p+1. The van der Waals surface area contributed by atoms with Crippen molar-refractivity contribution < 1.29 is 9.91 Å². The molecule has 0 saturated heterocycles. The van der Waals surface area contributed by atoms with Gasteiger partial charge in [0, 0.05) is 16.3 Å². The average Bonchev–Trinajstić information content (AvgIpc) is 2.77. The van der Waals surface area contributed by atoms with Crippen molar-refractivity contribution in [2.45, 2.75) is 19.9 Å². The fourth-order valence-corrected chi connectivity index (χ4v) is 2.17. The van der Waals surface area contributed by atoms with Gasteiger partial charge >= 0.3 is 5.69 Å². The third-order valence-electron chi connectivity index (χ3n) is 3.06. The van der Waals surface area contributed by atoms with Crippen LogP contribution in [0.25, 0.3) is 0 Å². The van der Waals surface area contributed by atoms with Crippen molar-refractivity contribution in [3.63, 3.8) is 0 Å². The van der Waals surface area contributed by atoms with E-state index in [4.69, 9.17) is 0 Å². The molecule has 1 aliphatic carbocycles. The highest BCUT2D eigenvalue weighted by molar-refractivity contribution is 6.01. The Morgan fingerprint density at radius 1 is 1.22 bits per heavy atom. The molecule has 0 amide bonds. The summed E-state index contributed by atoms with van der Waals surface area (Å²) >= 11 is 0. The Balaban J connectivity index is 2.10. The second-order valence-electron chi connectivity index (χ2n) is 4.57. The van der Waals surface area contributed by atoms with Crippen LogP contribution in [0.5, 0.6) is 5.75 Å². The average molecular weight is 240 g/mol. The summed E-state index contributed by atoms with van der Waals surface area (Å²) in [6.07, 6.45) is 7.82. The van der Waals surface area contributed by atoms with E-state index < -0.39 is 0 Å². The van der Waals surface area contributed by atoms with Gasteiger partial charge < -0.3 is 5.11 Å². The van der Waals surface area contributed by atoms with Gasteiger partial charge in [0.2, 0.25) is 0 Å². The minimum Gasteiger partial charge on any atom is -0.502 e. The van der Waals surface area contributed by atoms with Crippen molar-refractivity contribution in [3.8, 4) is 5.75 Å². The molecule has 1 aliphatic heterocycles. The van der Waals surface area contributed by atoms with Crippen LogP contribution in [0.3, 0.4) is 0 Å². The lowest BCUT2D eigenvalue weighted by molar-refractivity contribution is -0.513. The molecule has 4 heteroatoms. The molecular weight excluding hydrogens is 226 g/mol. The van der Waals surface area contributed by atoms with Crippen molar-refractivity contribution in [3.05, 3.63) is 47.6 Å². The summed E-state index contributed by atoms with van der Waals surface area (Å²) in [7, 11) is 0. The van der Waals surface area contributed by atoms with Crippen LogP contribution in [-0.2, 0) is 0 Å². The fraction of sp³-hybridized carbons (Fsp3) is 0.214. The lowest BCUT2D eigenvalue weighted by atomic mass is 10.1. The number of aryl methyl sites for hydroxylation is 2. The Bertz CT molecular complexity index is 639. The molecule has 90 valence electrons. The number of allylic oxidation sites excluding steroid dienone is 2. The van der Waals surface area contributed by atoms with E-state index in [1.807, 2.05) is 50.3 Å². The molecule has 4 nitrogen and oxygen atoms in total. The van der Waals surface area contributed by atoms with Gasteiger partial charge in [0.15, 0.2) is 11.8 Å². The molecule has 1 aromatic rings. The van der Waals surface area contributed by atoms with Crippen LogP contribution >= 0.6 is 0 Å². The van der Waals surface area contributed by atoms with Gasteiger partial charge in [-0.1, -0.05) is 18.2 Å². The predicted molar refractivity (Wildman–Crippen MR) is 69.4 cm³/mol. The SMILES string of the molecule is Cc1cc(C)c(O)c([N+]2=NC3C=CC=CC3=N2)c1. The van der Waals surface area contributed by atoms with Gasteiger partial charge in [-0.05, 0) is 37.1 Å². The summed E-state index contributed by atoms with van der Waals surface area (Å²) in [6, 6.07) is 3.80. The monoisotopic (exact) mass is 240 g/mol. The van der Waals surface area contributed by atoms with E-state index >= 15 is 0 Å². The van der Waals surface area contributed by atoms with Gasteiger partial charge in [-0.2, -0.15) is 0 Å². The van der Waals surface area contributed by atoms with Gasteiger partial charge in [0.25, 0.3) is 0 Å². The highest BCUT2D eigenvalue weighted by Gasteiger charge is 2.31. The lowest BCUT2D eigenvalue weighted by Crippen LogP contribution is -2.11. The number of phenolic OH excluding ortho intramolecular Hbond substituents is 1. The number of hydrazone groups is 1. The van der Waals surface area contributed by atoms with E-state index in [-0.39, 0.29) is 11.8 Å². The normalized spacial score (nSPS) is 20.7. The number of rotatable bonds is 1. The third kappa shape index (κ3) is 1.66. The quantitative estimate of drug-likeness (QED) is 0.754. The molecule has 3 rings (SSSR count). The van der Waals surface area contributed by atoms with Crippen LogP contribution in [0.2, 0.25) is 0 Å². The molecule has 18 heavy (non-hydrogen) atoms. The number of fused-ring (bicyclic) bond motifs is 1. The van der Waals surface area contributed by atoms with Gasteiger partial charge in [-0.15, -0.1) is 0 Å². The number of nitrogens with zero attached hydrogens (tertiary/aromatic N) is 3. The Labute approximate surface area is 105 Å². The fourth-order valence-electron chi connectivity index (χ4n) is 2.17. The molecule has 0 bridgehead atoms. The van der Waals surface area contributed by atoms with Crippen LogP contribution in [0.1, 0.15) is 11.1 Å². The van der Waals surface area contributed by atoms with Crippen molar-refractivity contribution in [2.24, 2.45) is 10.2 Å². The molecule has 1 heterocycles. The summed E-state index contributed by atoms with van der Waals surface area (Å²) in [5.74, 6) is 0.236. The number of azo groups is 1. The second kappa shape index (κ2) is 3.91. The summed E-state index contributed by atoms with van der Waals surface area (Å²) in [5.41, 5.74) is 3.45. The molecule has 0 radical (unpaired) electrons. The first-order valence-corrected chi connectivity index (χ1v) is 5.89. The molecular formula is C14H14N3O+. The second-order valence-corrected chi connectivity index (χ2v) is 4.57. The van der Waals surface area contributed by atoms with Crippen LogP contribution in [0, 0.1) is 13.8 Å². The molecule has 1 N–H and O–H groups in total. The maximum Gasteiger partial charge on any atom is 0.309 e. The zero-order valence-corrected chi connectivity index (χ0v) is 10.3. The Morgan fingerprint density at radius 2 is 2.06 bits per heavy atom. The first-order valence-electron chi connectivity index (χ1n) is 5.89. The highest BCUT2D eigenvalue weighted by Crippen LogP contribution is 2.33. The van der Waals surface area contributed by atoms with Gasteiger partial charge in [-0.3, -0.25) is 0 Å². The first kappa shape index (κ1) is 10.9. The van der Waals surface area contributed by atoms with E-state index in [1.165, 1.54) is 4.81 Å². The van der Waals surface area contributed by atoms with Crippen molar-refractivity contribution in [1.29, 1.82) is 0 Å². The molecule has 2 aliphatic rings. The van der Waals surface area contributed by atoms with Gasteiger partial charge in [0.05, 0.1) is 4.81 Å². The molecule has 0 saturated carbocycles. The molecule has 0 spiro atoms. The first-order chi connectivity index (χ1) is 8.65. The van der Waals surface area contributed by atoms with Crippen LogP contribution < -0.4 is 0 Å². The van der Waals surface area contributed by atoms with E-state index in [0.717, 1.165) is 16.8 Å². The largest absolute Gasteiger partial charge is 0.502 e. The number of hydrogen-bond donors (Lipinski definition) is 1. The summed E-state index contributed by atoms with van der Waals surface area (Å²) in [5, 5.41) is 19.0. The summed E-state index contributed by atoms with van der Waals surface area (Å²) < 4.78 is 0. The minimum absolute atomic E-state index is 0.0322. The van der Waals surface area contributed by atoms with Crippen molar-refractivity contribution >= 4 is 11.4 Å². The third-order valence-corrected chi connectivity index (χ3v) is 3.06. The van der Waals surface area contributed by atoms with Crippen molar-refractivity contribution in [1.82, 2.24) is 0 Å². The number of hydrogen-bond acceptors (Lipinski definition) is 3. The minimum atomic E-state index is -0.0322. The number of benzene rings is 1. The molecule has 0 fully saturated rings. The van der Waals surface area contributed by atoms with E-state index in [1.54, 1.807) is 0 Å². The molecule has 1 unspecified atom stereocenters. The molecule has 1 aromatic carbocycles. The zero-order chi connectivity index (χ0) is 12.7. The maximum absolute atomic E-state index is 10.1. The van der Waals surface area contributed by atoms with Crippen LogP contribution in [0.4, 0.5) is 5.69 Å². The van der Waals surface area contributed by atoms with E-state index in [9.17, 15) is 5.11 Å². The number of phenols is 1. The molecule has 1 atom stereocenters.